The predicted octanol–water partition coefficient (Wildman–Crippen LogP) is 0.890. The summed E-state index contributed by atoms with van der Waals surface area (Å²) in [4.78, 5) is 13.3. The topological polar surface area (TPSA) is 29.5 Å². The summed E-state index contributed by atoms with van der Waals surface area (Å²) in [6.07, 6.45) is 2.56. The van der Waals surface area contributed by atoms with Gasteiger partial charge in [0.1, 0.15) is 0 Å². The Morgan fingerprint density at radius 1 is 1.67 bits per heavy atom. The van der Waals surface area contributed by atoms with E-state index >= 15 is 0 Å². The molecule has 0 heterocycles. The van der Waals surface area contributed by atoms with Gasteiger partial charge in [-0.2, -0.15) is 0 Å². The molecular formula is C9H17NO2. The molecule has 0 aliphatic heterocycles. The van der Waals surface area contributed by atoms with E-state index in [1.807, 2.05) is 6.92 Å². The molecule has 1 aliphatic rings. The van der Waals surface area contributed by atoms with Crippen molar-refractivity contribution in [1.29, 1.82) is 0 Å². The van der Waals surface area contributed by atoms with Crippen LogP contribution in [0.15, 0.2) is 0 Å². The second-order valence-electron chi connectivity index (χ2n) is 3.59. The Morgan fingerprint density at radius 3 is 2.67 bits per heavy atom. The average molecular weight is 171 g/mol. The lowest BCUT2D eigenvalue weighted by Crippen LogP contribution is -2.30. The Labute approximate surface area is 73.7 Å². The lowest BCUT2D eigenvalue weighted by Gasteiger charge is -2.18. The molecule has 0 amide bonds. The molecule has 0 saturated heterocycles. The fourth-order valence-corrected chi connectivity index (χ4v) is 1.37. The molecule has 12 heavy (non-hydrogen) atoms. The maximum atomic E-state index is 11.0. The first-order valence-corrected chi connectivity index (χ1v) is 4.43. The van der Waals surface area contributed by atoms with Crippen molar-refractivity contribution in [3.05, 3.63) is 0 Å². The average Bonchev–Trinajstić information content (AvgIpc) is 2.84. The van der Waals surface area contributed by atoms with Crippen LogP contribution in [0, 0.1) is 5.92 Å². The van der Waals surface area contributed by atoms with Gasteiger partial charge in [0, 0.05) is 12.6 Å². The molecule has 70 valence electrons. The molecule has 1 rings (SSSR count). The van der Waals surface area contributed by atoms with Gasteiger partial charge in [-0.3, -0.25) is 4.79 Å². The first-order valence-electron chi connectivity index (χ1n) is 4.43. The third-order valence-electron chi connectivity index (χ3n) is 2.34. The minimum atomic E-state index is -0.109. The zero-order valence-electron chi connectivity index (χ0n) is 8.04. The van der Waals surface area contributed by atoms with E-state index in [0.29, 0.717) is 0 Å². The predicted molar refractivity (Wildman–Crippen MR) is 46.8 cm³/mol. The van der Waals surface area contributed by atoms with E-state index < -0.39 is 0 Å². The van der Waals surface area contributed by atoms with Gasteiger partial charge in [-0.15, -0.1) is 0 Å². The summed E-state index contributed by atoms with van der Waals surface area (Å²) < 4.78 is 4.65. The number of methoxy groups -OCH3 is 1. The summed E-state index contributed by atoms with van der Waals surface area (Å²) in [6, 6.07) is 0.720. The highest BCUT2D eigenvalue weighted by Gasteiger charge is 2.28. The van der Waals surface area contributed by atoms with Gasteiger partial charge in [-0.1, -0.05) is 6.92 Å². The van der Waals surface area contributed by atoms with Crippen LogP contribution in [-0.4, -0.2) is 37.6 Å². The fourth-order valence-electron chi connectivity index (χ4n) is 1.37. The van der Waals surface area contributed by atoms with Crippen molar-refractivity contribution in [3.8, 4) is 0 Å². The summed E-state index contributed by atoms with van der Waals surface area (Å²) >= 11 is 0. The highest BCUT2D eigenvalue weighted by molar-refractivity contribution is 5.72. The third-order valence-corrected chi connectivity index (χ3v) is 2.34. The van der Waals surface area contributed by atoms with E-state index in [0.717, 1.165) is 12.6 Å². The molecule has 1 unspecified atom stereocenters. The third kappa shape index (κ3) is 2.48. The van der Waals surface area contributed by atoms with Crippen LogP contribution in [0.25, 0.3) is 0 Å². The van der Waals surface area contributed by atoms with E-state index in [-0.39, 0.29) is 11.9 Å². The summed E-state index contributed by atoms with van der Waals surface area (Å²) in [5.41, 5.74) is 0. The molecule has 1 atom stereocenters. The molecule has 0 N–H and O–H groups in total. The quantitative estimate of drug-likeness (QED) is 0.588. The molecule has 0 aromatic rings. The number of nitrogens with zero attached hydrogens (tertiary/aromatic N) is 1. The van der Waals surface area contributed by atoms with E-state index in [1.54, 1.807) is 0 Å². The molecule has 3 nitrogen and oxygen atoms in total. The largest absolute Gasteiger partial charge is 0.469 e. The Bertz CT molecular complexity index is 166. The summed E-state index contributed by atoms with van der Waals surface area (Å²) in [5, 5.41) is 0. The van der Waals surface area contributed by atoms with Crippen molar-refractivity contribution in [2.45, 2.75) is 25.8 Å². The van der Waals surface area contributed by atoms with Gasteiger partial charge in [-0.25, -0.2) is 0 Å². The Morgan fingerprint density at radius 2 is 2.25 bits per heavy atom. The first-order chi connectivity index (χ1) is 5.65. The number of carbonyl (C=O) groups is 1. The van der Waals surface area contributed by atoms with E-state index in [1.165, 1.54) is 20.0 Å². The minimum Gasteiger partial charge on any atom is -0.469 e. The monoisotopic (exact) mass is 171 g/mol. The van der Waals surface area contributed by atoms with Crippen molar-refractivity contribution in [1.82, 2.24) is 4.90 Å². The van der Waals surface area contributed by atoms with E-state index in [2.05, 4.69) is 16.7 Å². The molecule has 0 aromatic carbocycles. The van der Waals surface area contributed by atoms with Crippen LogP contribution in [-0.2, 0) is 9.53 Å². The second-order valence-corrected chi connectivity index (χ2v) is 3.59. The van der Waals surface area contributed by atoms with Crippen molar-refractivity contribution >= 4 is 5.97 Å². The number of carbonyl (C=O) groups excluding carboxylic acids is 1. The maximum Gasteiger partial charge on any atom is 0.309 e. The number of hydrogen-bond donors (Lipinski definition) is 0. The van der Waals surface area contributed by atoms with Gasteiger partial charge < -0.3 is 9.64 Å². The van der Waals surface area contributed by atoms with Crippen LogP contribution in [0.1, 0.15) is 19.8 Å². The maximum absolute atomic E-state index is 11.0. The molecule has 0 radical (unpaired) electrons. The Balaban J connectivity index is 2.23. The van der Waals surface area contributed by atoms with Crippen molar-refractivity contribution in [3.63, 3.8) is 0 Å². The number of ether oxygens (including phenoxy) is 1. The zero-order chi connectivity index (χ0) is 9.14. The van der Waals surface area contributed by atoms with Crippen LogP contribution in [0.3, 0.4) is 0 Å². The Hall–Kier alpha value is -0.570. The van der Waals surface area contributed by atoms with E-state index in [9.17, 15) is 4.79 Å². The standard InChI is InChI=1S/C9H17NO2/c1-7(9(11)12-3)6-10(2)8-4-5-8/h7-8H,4-6H2,1-3H3. The van der Waals surface area contributed by atoms with Crippen LogP contribution in [0.4, 0.5) is 0 Å². The van der Waals surface area contributed by atoms with Gasteiger partial charge in [-0.05, 0) is 19.9 Å². The lowest BCUT2D eigenvalue weighted by atomic mass is 10.2. The molecule has 0 spiro atoms. The second kappa shape index (κ2) is 3.90. The highest BCUT2D eigenvalue weighted by Crippen LogP contribution is 2.25. The molecule has 1 saturated carbocycles. The van der Waals surface area contributed by atoms with Crippen LogP contribution in [0.2, 0.25) is 0 Å². The molecule has 3 heteroatoms. The van der Waals surface area contributed by atoms with Crippen LogP contribution in [0.5, 0.6) is 0 Å². The van der Waals surface area contributed by atoms with Gasteiger partial charge in [0.05, 0.1) is 13.0 Å². The van der Waals surface area contributed by atoms with Gasteiger partial charge >= 0.3 is 5.97 Å². The fraction of sp³-hybridized carbons (Fsp3) is 0.889. The van der Waals surface area contributed by atoms with Gasteiger partial charge in [0.25, 0.3) is 0 Å². The minimum absolute atomic E-state index is 0.000556. The van der Waals surface area contributed by atoms with Crippen LogP contribution >= 0.6 is 0 Å². The van der Waals surface area contributed by atoms with Gasteiger partial charge in [0.2, 0.25) is 0 Å². The molecule has 0 bridgehead atoms. The molecular weight excluding hydrogens is 154 g/mol. The zero-order valence-corrected chi connectivity index (χ0v) is 8.04. The number of hydrogen-bond acceptors (Lipinski definition) is 3. The first kappa shape index (κ1) is 9.52. The van der Waals surface area contributed by atoms with Crippen LogP contribution < -0.4 is 0 Å². The molecule has 1 aliphatic carbocycles. The normalized spacial score (nSPS) is 19.3. The molecule has 0 aromatic heterocycles. The lowest BCUT2D eigenvalue weighted by molar-refractivity contribution is -0.145. The summed E-state index contributed by atoms with van der Waals surface area (Å²) in [6.45, 7) is 2.72. The van der Waals surface area contributed by atoms with Crippen molar-refractivity contribution < 1.29 is 9.53 Å². The summed E-state index contributed by atoms with van der Waals surface area (Å²) in [5.74, 6) is -0.108. The van der Waals surface area contributed by atoms with E-state index in [4.69, 9.17) is 0 Å². The Kier molecular flexibility index (Phi) is 3.09. The molecule has 1 fully saturated rings. The van der Waals surface area contributed by atoms with Gasteiger partial charge in [0.15, 0.2) is 0 Å². The smallest absolute Gasteiger partial charge is 0.309 e. The number of rotatable bonds is 4. The number of esters is 1. The van der Waals surface area contributed by atoms with Crippen molar-refractivity contribution in [2.24, 2.45) is 5.92 Å². The SMILES string of the molecule is COC(=O)C(C)CN(C)C1CC1. The summed E-state index contributed by atoms with van der Waals surface area (Å²) in [7, 11) is 3.51. The highest BCUT2D eigenvalue weighted by atomic mass is 16.5. The van der Waals surface area contributed by atoms with Crippen molar-refractivity contribution in [2.75, 3.05) is 20.7 Å².